The van der Waals surface area contributed by atoms with Crippen molar-refractivity contribution in [3.63, 3.8) is 0 Å². The number of benzene rings is 1. The molecule has 94 valence electrons. The maximum Gasteiger partial charge on any atom is 0.303 e. The smallest absolute Gasteiger partial charge is 0.303 e. The Morgan fingerprint density at radius 2 is 1.88 bits per heavy atom. The number of carbonyl (C=O) groups is 1. The summed E-state index contributed by atoms with van der Waals surface area (Å²) in [7, 11) is -3.46. The second-order valence-electron chi connectivity index (χ2n) is 3.43. The summed E-state index contributed by atoms with van der Waals surface area (Å²) in [6.07, 6.45) is -0.0391. The Morgan fingerprint density at radius 3 is 2.41 bits per heavy atom. The first kappa shape index (κ1) is 14.2. The van der Waals surface area contributed by atoms with Gasteiger partial charge in [0.2, 0.25) is 10.0 Å². The van der Waals surface area contributed by atoms with Crippen molar-refractivity contribution in [2.75, 3.05) is 10.5 Å². The topological polar surface area (TPSA) is 83.5 Å². The first-order chi connectivity index (χ1) is 7.89. The van der Waals surface area contributed by atoms with Gasteiger partial charge in [-0.2, -0.15) is 0 Å². The van der Waals surface area contributed by atoms with Crippen LogP contribution in [-0.2, 0) is 14.8 Å². The highest BCUT2D eigenvalue weighted by Gasteiger charge is 2.11. The molecule has 0 fully saturated rings. The predicted molar refractivity (Wildman–Crippen MR) is 73.4 cm³/mol. The molecule has 17 heavy (non-hydrogen) atoms. The number of rotatable bonds is 6. The quantitative estimate of drug-likeness (QED) is 0.751. The number of nitrogens with one attached hydrogen (secondary N) is 1. The Hall–Kier alpha value is -0.830. The van der Waals surface area contributed by atoms with Gasteiger partial charge in [-0.1, -0.05) is 0 Å². The summed E-state index contributed by atoms with van der Waals surface area (Å²) in [6, 6.07) is 6.90. The average Bonchev–Trinajstić information content (AvgIpc) is 2.20. The van der Waals surface area contributed by atoms with Crippen LogP contribution in [0.25, 0.3) is 0 Å². The van der Waals surface area contributed by atoms with Gasteiger partial charge in [-0.25, -0.2) is 8.42 Å². The zero-order valence-electron chi connectivity index (χ0n) is 8.89. The molecule has 0 aliphatic rings. The second kappa shape index (κ2) is 6.20. The number of halogens is 1. The summed E-state index contributed by atoms with van der Waals surface area (Å²) < 4.78 is 26.5. The Labute approximate surface area is 113 Å². The number of anilines is 1. The molecule has 0 amide bonds. The zero-order chi connectivity index (χ0) is 12.9. The summed E-state index contributed by atoms with van der Waals surface area (Å²) >= 11 is 2.12. The average molecular weight is 369 g/mol. The summed E-state index contributed by atoms with van der Waals surface area (Å²) in [6.45, 7) is 0. The lowest BCUT2D eigenvalue weighted by atomic mass is 10.3. The van der Waals surface area contributed by atoms with Crippen molar-refractivity contribution in [2.24, 2.45) is 0 Å². The first-order valence-corrected chi connectivity index (χ1v) is 7.60. The summed E-state index contributed by atoms with van der Waals surface area (Å²) in [5.41, 5.74) is 0.487. The standard InChI is InChI=1S/C10H12INO4S/c11-8-3-5-9(6-4-8)12-17(15,16)7-1-2-10(13)14/h3-6,12H,1-2,7H2,(H,13,14). The largest absolute Gasteiger partial charge is 0.481 e. The molecular weight excluding hydrogens is 357 g/mol. The van der Waals surface area contributed by atoms with E-state index in [0.717, 1.165) is 3.57 Å². The number of hydrogen-bond donors (Lipinski definition) is 2. The molecular formula is C10H12INO4S. The van der Waals surface area contributed by atoms with Crippen LogP contribution in [0.1, 0.15) is 12.8 Å². The minimum atomic E-state index is -3.46. The molecule has 0 aliphatic heterocycles. The molecule has 0 saturated carbocycles. The number of carboxylic acids is 1. The molecule has 0 radical (unpaired) electrons. The maximum atomic E-state index is 11.6. The minimum Gasteiger partial charge on any atom is -0.481 e. The SMILES string of the molecule is O=C(O)CCCS(=O)(=O)Nc1ccc(I)cc1. The first-order valence-electron chi connectivity index (χ1n) is 4.87. The van der Waals surface area contributed by atoms with E-state index in [1.807, 2.05) is 0 Å². The van der Waals surface area contributed by atoms with Crippen LogP contribution in [0.5, 0.6) is 0 Å². The van der Waals surface area contributed by atoms with Gasteiger partial charge in [0.05, 0.1) is 5.75 Å². The van der Waals surface area contributed by atoms with Gasteiger partial charge in [-0.3, -0.25) is 9.52 Å². The summed E-state index contributed by atoms with van der Waals surface area (Å²) in [5.74, 6) is -1.18. The normalized spacial score (nSPS) is 11.1. The van der Waals surface area contributed by atoms with E-state index in [-0.39, 0.29) is 18.6 Å². The molecule has 0 heterocycles. The molecule has 0 atom stereocenters. The number of sulfonamides is 1. The molecule has 1 aromatic rings. The molecule has 0 spiro atoms. The van der Waals surface area contributed by atoms with Crippen LogP contribution < -0.4 is 4.72 Å². The molecule has 1 rings (SSSR count). The Balaban J connectivity index is 2.54. The fourth-order valence-electron chi connectivity index (χ4n) is 1.16. The number of carboxylic acid groups (broad SMARTS) is 1. The minimum absolute atomic E-state index is 0.106. The molecule has 0 aliphatic carbocycles. The summed E-state index contributed by atoms with van der Waals surface area (Å²) in [5, 5.41) is 8.41. The number of aliphatic carboxylic acids is 1. The molecule has 0 unspecified atom stereocenters. The van der Waals surface area contributed by atoms with E-state index < -0.39 is 16.0 Å². The van der Waals surface area contributed by atoms with Gasteiger partial charge in [0.1, 0.15) is 0 Å². The van der Waals surface area contributed by atoms with Gasteiger partial charge in [0, 0.05) is 15.7 Å². The van der Waals surface area contributed by atoms with Crippen molar-refractivity contribution in [3.05, 3.63) is 27.8 Å². The van der Waals surface area contributed by atoms with Crippen LogP contribution >= 0.6 is 22.6 Å². The summed E-state index contributed by atoms with van der Waals surface area (Å²) in [4.78, 5) is 10.3. The van der Waals surface area contributed by atoms with Gasteiger partial charge >= 0.3 is 5.97 Å². The third-order valence-electron chi connectivity index (χ3n) is 1.92. The van der Waals surface area contributed by atoms with E-state index in [1.165, 1.54) is 0 Å². The van der Waals surface area contributed by atoms with Gasteiger partial charge in [0.25, 0.3) is 0 Å². The van der Waals surface area contributed by atoms with E-state index in [4.69, 9.17) is 5.11 Å². The molecule has 1 aromatic carbocycles. The van der Waals surface area contributed by atoms with Gasteiger partial charge in [-0.05, 0) is 53.3 Å². The van der Waals surface area contributed by atoms with Crippen molar-refractivity contribution >= 4 is 44.3 Å². The van der Waals surface area contributed by atoms with Crippen molar-refractivity contribution in [1.29, 1.82) is 0 Å². The highest BCUT2D eigenvalue weighted by Crippen LogP contribution is 2.13. The van der Waals surface area contributed by atoms with Crippen molar-refractivity contribution in [3.8, 4) is 0 Å². The maximum absolute atomic E-state index is 11.6. The van der Waals surface area contributed by atoms with Crippen molar-refractivity contribution in [2.45, 2.75) is 12.8 Å². The lowest BCUT2D eigenvalue weighted by molar-refractivity contribution is -0.137. The predicted octanol–water partition coefficient (Wildman–Crippen LogP) is 1.90. The third kappa shape index (κ3) is 5.87. The van der Waals surface area contributed by atoms with Gasteiger partial charge < -0.3 is 5.11 Å². The van der Waals surface area contributed by atoms with Crippen molar-refractivity contribution in [1.82, 2.24) is 0 Å². The molecule has 2 N–H and O–H groups in total. The Morgan fingerprint density at radius 1 is 1.29 bits per heavy atom. The molecule has 0 bridgehead atoms. The Kier molecular flexibility index (Phi) is 5.19. The number of hydrogen-bond acceptors (Lipinski definition) is 3. The highest BCUT2D eigenvalue weighted by atomic mass is 127. The van der Waals surface area contributed by atoms with Crippen LogP contribution in [0.3, 0.4) is 0 Å². The fourth-order valence-corrected chi connectivity index (χ4v) is 2.64. The van der Waals surface area contributed by atoms with E-state index in [1.54, 1.807) is 24.3 Å². The van der Waals surface area contributed by atoms with Crippen molar-refractivity contribution < 1.29 is 18.3 Å². The lowest BCUT2D eigenvalue weighted by Crippen LogP contribution is -2.17. The Bertz CT molecular complexity index is 484. The van der Waals surface area contributed by atoms with Crippen LogP contribution in [0.2, 0.25) is 0 Å². The molecule has 7 heteroatoms. The highest BCUT2D eigenvalue weighted by molar-refractivity contribution is 14.1. The third-order valence-corrected chi connectivity index (χ3v) is 4.01. The van der Waals surface area contributed by atoms with Gasteiger partial charge in [-0.15, -0.1) is 0 Å². The van der Waals surface area contributed by atoms with Gasteiger partial charge in [0.15, 0.2) is 0 Å². The van der Waals surface area contributed by atoms with Crippen LogP contribution in [-0.4, -0.2) is 25.2 Å². The zero-order valence-corrected chi connectivity index (χ0v) is 11.9. The van der Waals surface area contributed by atoms with E-state index in [0.29, 0.717) is 5.69 Å². The van der Waals surface area contributed by atoms with E-state index in [2.05, 4.69) is 27.3 Å². The second-order valence-corrected chi connectivity index (χ2v) is 6.51. The van der Waals surface area contributed by atoms with Crippen LogP contribution in [0, 0.1) is 3.57 Å². The molecule has 0 saturated heterocycles. The van der Waals surface area contributed by atoms with Crippen LogP contribution in [0.4, 0.5) is 5.69 Å². The molecule has 5 nitrogen and oxygen atoms in total. The lowest BCUT2D eigenvalue weighted by Gasteiger charge is -2.07. The fraction of sp³-hybridized carbons (Fsp3) is 0.300. The van der Waals surface area contributed by atoms with E-state index in [9.17, 15) is 13.2 Å². The van der Waals surface area contributed by atoms with E-state index >= 15 is 0 Å². The van der Waals surface area contributed by atoms with Crippen LogP contribution in [0.15, 0.2) is 24.3 Å². The monoisotopic (exact) mass is 369 g/mol. The molecule has 0 aromatic heterocycles.